The molecule has 0 aliphatic rings. The van der Waals surface area contributed by atoms with Crippen LogP contribution >= 0.6 is 0 Å². The smallest absolute Gasteiger partial charge is 0.243 e. The van der Waals surface area contributed by atoms with Crippen molar-refractivity contribution in [2.75, 3.05) is 29.0 Å². The van der Waals surface area contributed by atoms with Crippen molar-refractivity contribution in [1.29, 1.82) is 5.26 Å². The van der Waals surface area contributed by atoms with Crippen molar-refractivity contribution >= 4 is 23.0 Å². The molecule has 0 fully saturated rings. The molecule has 1 amide bonds. The number of nitrogen functional groups attached to an aromatic ring is 1. The van der Waals surface area contributed by atoms with E-state index in [9.17, 15) is 4.79 Å². The van der Waals surface area contributed by atoms with E-state index in [2.05, 4.69) is 11.4 Å². The van der Waals surface area contributed by atoms with Gasteiger partial charge in [0.1, 0.15) is 0 Å². The molecule has 2 aromatic rings. The van der Waals surface area contributed by atoms with Gasteiger partial charge in [0, 0.05) is 23.6 Å². The fourth-order valence-electron chi connectivity index (χ4n) is 2.06. The molecule has 0 aliphatic carbocycles. The lowest BCUT2D eigenvalue weighted by atomic mass is 10.2. The van der Waals surface area contributed by atoms with E-state index in [1.807, 2.05) is 35.2 Å². The molecule has 5 nitrogen and oxygen atoms in total. The molecule has 0 saturated carbocycles. The molecule has 112 valence electrons. The number of para-hydroxylation sites is 1. The number of nitriles is 1. The molecule has 22 heavy (non-hydrogen) atoms. The molecule has 2 rings (SSSR count). The maximum Gasteiger partial charge on any atom is 0.243 e. The minimum absolute atomic E-state index is 0.133. The molecule has 5 heteroatoms. The van der Waals surface area contributed by atoms with Crippen LogP contribution in [0.4, 0.5) is 17.1 Å². The van der Waals surface area contributed by atoms with Gasteiger partial charge in [0.25, 0.3) is 0 Å². The molecule has 0 atom stereocenters. The van der Waals surface area contributed by atoms with Crippen LogP contribution in [0, 0.1) is 11.3 Å². The Kier molecular flexibility index (Phi) is 5.38. The number of benzene rings is 2. The lowest BCUT2D eigenvalue weighted by Gasteiger charge is -2.23. The number of anilines is 3. The van der Waals surface area contributed by atoms with Crippen LogP contribution in [0.25, 0.3) is 0 Å². The number of carbonyl (C=O) groups is 1. The van der Waals surface area contributed by atoms with Crippen molar-refractivity contribution in [2.24, 2.45) is 0 Å². The Labute approximate surface area is 130 Å². The molecular formula is C17H18N4O. The Hall–Kier alpha value is -3.00. The van der Waals surface area contributed by atoms with Gasteiger partial charge in [0.05, 0.1) is 19.0 Å². The van der Waals surface area contributed by atoms with Gasteiger partial charge in [-0.1, -0.05) is 18.2 Å². The van der Waals surface area contributed by atoms with E-state index in [1.54, 1.807) is 24.3 Å². The quantitative estimate of drug-likeness (QED) is 0.802. The first-order valence-electron chi connectivity index (χ1n) is 7.01. The Balaban J connectivity index is 2.01. The summed E-state index contributed by atoms with van der Waals surface area (Å²) in [5.74, 6) is -0.133. The molecule has 0 aliphatic heterocycles. The van der Waals surface area contributed by atoms with Crippen LogP contribution in [-0.2, 0) is 4.79 Å². The molecule has 3 N–H and O–H groups in total. The number of nitrogens with zero attached hydrogens (tertiary/aromatic N) is 2. The van der Waals surface area contributed by atoms with Crippen LogP contribution in [-0.4, -0.2) is 19.0 Å². The molecule has 0 bridgehead atoms. The molecule has 0 spiro atoms. The normalized spacial score (nSPS) is 9.77. The van der Waals surface area contributed by atoms with Crippen molar-refractivity contribution in [3.63, 3.8) is 0 Å². The van der Waals surface area contributed by atoms with Gasteiger partial charge in [-0.25, -0.2) is 0 Å². The van der Waals surface area contributed by atoms with Crippen molar-refractivity contribution in [2.45, 2.75) is 6.42 Å². The van der Waals surface area contributed by atoms with E-state index in [4.69, 9.17) is 11.0 Å². The van der Waals surface area contributed by atoms with Crippen LogP contribution < -0.4 is 16.0 Å². The topological polar surface area (TPSA) is 82.2 Å². The largest absolute Gasteiger partial charge is 0.399 e. The second kappa shape index (κ2) is 7.70. The highest BCUT2D eigenvalue weighted by Crippen LogP contribution is 2.14. The summed E-state index contributed by atoms with van der Waals surface area (Å²) < 4.78 is 0. The van der Waals surface area contributed by atoms with Crippen LogP contribution in [0.1, 0.15) is 6.42 Å². The third-order valence-electron chi connectivity index (χ3n) is 3.14. The Morgan fingerprint density at radius 3 is 2.45 bits per heavy atom. The highest BCUT2D eigenvalue weighted by Gasteiger charge is 2.11. The molecule has 0 radical (unpaired) electrons. The molecule has 0 saturated heterocycles. The van der Waals surface area contributed by atoms with E-state index in [0.717, 1.165) is 5.69 Å². The van der Waals surface area contributed by atoms with Gasteiger partial charge >= 0.3 is 0 Å². The van der Waals surface area contributed by atoms with Crippen molar-refractivity contribution in [3.05, 3.63) is 54.6 Å². The van der Waals surface area contributed by atoms with E-state index in [-0.39, 0.29) is 12.5 Å². The van der Waals surface area contributed by atoms with Crippen LogP contribution in [0.15, 0.2) is 54.6 Å². The lowest BCUT2D eigenvalue weighted by molar-refractivity contribution is -0.115. The number of nitrogens with two attached hydrogens (primary N) is 1. The second-order valence-electron chi connectivity index (χ2n) is 4.84. The Morgan fingerprint density at radius 1 is 1.14 bits per heavy atom. The number of amides is 1. The predicted octanol–water partition coefficient (Wildman–Crippen LogP) is 2.63. The average Bonchev–Trinajstić information content (AvgIpc) is 2.54. The van der Waals surface area contributed by atoms with Crippen molar-refractivity contribution < 1.29 is 4.79 Å². The van der Waals surface area contributed by atoms with Gasteiger partial charge in [0.2, 0.25) is 5.91 Å². The summed E-state index contributed by atoms with van der Waals surface area (Å²) in [6.07, 6.45) is 0.365. The van der Waals surface area contributed by atoms with Gasteiger partial charge < -0.3 is 16.0 Å². The molecule has 2 aromatic carbocycles. The summed E-state index contributed by atoms with van der Waals surface area (Å²) in [7, 11) is 0. The average molecular weight is 294 g/mol. The zero-order chi connectivity index (χ0) is 15.8. The number of hydrogen-bond donors (Lipinski definition) is 2. The predicted molar refractivity (Wildman–Crippen MR) is 88.4 cm³/mol. The zero-order valence-corrected chi connectivity index (χ0v) is 12.2. The summed E-state index contributed by atoms with van der Waals surface area (Å²) in [4.78, 5) is 14.1. The first-order chi connectivity index (χ1) is 10.7. The van der Waals surface area contributed by atoms with Gasteiger partial charge in [-0.2, -0.15) is 5.26 Å². The van der Waals surface area contributed by atoms with Crippen LogP contribution in [0.2, 0.25) is 0 Å². The Morgan fingerprint density at radius 2 is 1.82 bits per heavy atom. The highest BCUT2D eigenvalue weighted by molar-refractivity contribution is 5.94. The van der Waals surface area contributed by atoms with Gasteiger partial charge in [-0.05, 0) is 36.4 Å². The number of rotatable bonds is 6. The molecular weight excluding hydrogens is 276 g/mol. The molecule has 0 unspecified atom stereocenters. The monoisotopic (exact) mass is 294 g/mol. The van der Waals surface area contributed by atoms with Gasteiger partial charge in [-0.15, -0.1) is 0 Å². The van der Waals surface area contributed by atoms with Crippen LogP contribution in [0.3, 0.4) is 0 Å². The summed E-state index contributed by atoms with van der Waals surface area (Å²) in [5.41, 5.74) is 7.89. The summed E-state index contributed by atoms with van der Waals surface area (Å²) in [5, 5.41) is 11.6. The molecule has 0 aromatic heterocycles. The first kappa shape index (κ1) is 15.4. The Bertz CT molecular complexity index is 647. The maximum absolute atomic E-state index is 12.2. The van der Waals surface area contributed by atoms with Gasteiger partial charge in [0.15, 0.2) is 0 Å². The van der Waals surface area contributed by atoms with Crippen molar-refractivity contribution in [3.8, 4) is 6.07 Å². The van der Waals surface area contributed by atoms with Crippen LogP contribution in [0.5, 0.6) is 0 Å². The minimum atomic E-state index is -0.133. The molecule has 0 heterocycles. The summed E-state index contributed by atoms with van der Waals surface area (Å²) >= 11 is 0. The third kappa shape index (κ3) is 4.53. The van der Waals surface area contributed by atoms with E-state index < -0.39 is 0 Å². The van der Waals surface area contributed by atoms with Gasteiger partial charge in [-0.3, -0.25) is 4.79 Å². The SMILES string of the molecule is N#CCCN(CC(=O)Nc1ccc(N)cc1)c1ccccc1. The number of carbonyl (C=O) groups excluding carboxylic acids is 1. The summed E-state index contributed by atoms with van der Waals surface area (Å²) in [6.45, 7) is 0.700. The summed E-state index contributed by atoms with van der Waals surface area (Å²) in [6, 6.07) is 18.7. The van der Waals surface area contributed by atoms with Crippen molar-refractivity contribution in [1.82, 2.24) is 0 Å². The van der Waals surface area contributed by atoms with E-state index >= 15 is 0 Å². The fourth-order valence-corrected chi connectivity index (χ4v) is 2.06. The van der Waals surface area contributed by atoms with E-state index in [0.29, 0.717) is 24.3 Å². The number of hydrogen-bond acceptors (Lipinski definition) is 4. The third-order valence-corrected chi connectivity index (χ3v) is 3.14. The highest BCUT2D eigenvalue weighted by atomic mass is 16.2. The lowest BCUT2D eigenvalue weighted by Crippen LogP contribution is -2.34. The second-order valence-corrected chi connectivity index (χ2v) is 4.84. The standard InChI is InChI=1S/C17H18N4O/c18-11-4-12-21(16-5-2-1-3-6-16)13-17(22)20-15-9-7-14(19)8-10-15/h1-3,5-10H,4,12-13,19H2,(H,20,22). The van der Waals surface area contributed by atoms with E-state index in [1.165, 1.54) is 0 Å². The number of nitrogens with one attached hydrogen (secondary N) is 1. The fraction of sp³-hybridized carbons (Fsp3) is 0.176. The maximum atomic E-state index is 12.2. The minimum Gasteiger partial charge on any atom is -0.399 e. The first-order valence-corrected chi connectivity index (χ1v) is 7.01. The zero-order valence-electron chi connectivity index (χ0n) is 12.2.